The van der Waals surface area contributed by atoms with Crippen LogP contribution in [0, 0.1) is 12.8 Å². The van der Waals surface area contributed by atoms with Gasteiger partial charge in [-0.3, -0.25) is 5.32 Å². The number of nitrogens with zero attached hydrogens (tertiary/aromatic N) is 2. The van der Waals surface area contributed by atoms with Crippen LogP contribution in [0.2, 0.25) is 0 Å². The van der Waals surface area contributed by atoms with Gasteiger partial charge in [-0.05, 0) is 31.7 Å². The van der Waals surface area contributed by atoms with E-state index in [0.29, 0.717) is 24.6 Å². The second kappa shape index (κ2) is 6.17. The van der Waals surface area contributed by atoms with Crippen molar-refractivity contribution in [3.05, 3.63) is 18.1 Å². The lowest BCUT2D eigenvalue weighted by Gasteiger charge is -2.22. The Bertz CT molecular complexity index is 588. The first-order chi connectivity index (χ1) is 9.44. The fourth-order valence-electron chi connectivity index (χ4n) is 2.20. The number of carbonyl (C=O) groups is 1. The van der Waals surface area contributed by atoms with E-state index in [9.17, 15) is 13.2 Å². The molecule has 20 heavy (non-hydrogen) atoms. The first-order valence-electron chi connectivity index (χ1n) is 6.49. The Morgan fingerprint density at radius 1 is 1.50 bits per heavy atom. The van der Waals surface area contributed by atoms with Crippen LogP contribution in [-0.2, 0) is 9.84 Å². The van der Waals surface area contributed by atoms with Gasteiger partial charge in [0.1, 0.15) is 11.6 Å². The molecule has 0 radical (unpaired) electrons. The molecule has 2 heterocycles. The molecule has 2 amide bonds. The van der Waals surface area contributed by atoms with E-state index in [4.69, 9.17) is 0 Å². The number of urea groups is 1. The molecule has 1 aliphatic rings. The lowest BCUT2D eigenvalue weighted by atomic mass is 10.1. The van der Waals surface area contributed by atoms with E-state index in [1.165, 1.54) is 0 Å². The highest BCUT2D eigenvalue weighted by Crippen LogP contribution is 2.17. The first-order valence-corrected chi connectivity index (χ1v) is 8.32. The Labute approximate surface area is 118 Å². The van der Waals surface area contributed by atoms with Gasteiger partial charge in [-0.2, -0.15) is 0 Å². The van der Waals surface area contributed by atoms with Crippen molar-refractivity contribution in [1.82, 2.24) is 15.3 Å². The van der Waals surface area contributed by atoms with Crippen LogP contribution in [0.15, 0.2) is 12.3 Å². The molecule has 7 nitrogen and oxygen atoms in total. The summed E-state index contributed by atoms with van der Waals surface area (Å²) in [5.41, 5.74) is 0. The van der Waals surface area contributed by atoms with E-state index >= 15 is 0 Å². The van der Waals surface area contributed by atoms with Gasteiger partial charge in [0.05, 0.1) is 11.5 Å². The summed E-state index contributed by atoms with van der Waals surface area (Å²) in [5, 5.41) is 5.28. The third-order valence-corrected chi connectivity index (χ3v) is 5.02. The minimum Gasteiger partial charge on any atom is -0.338 e. The lowest BCUT2D eigenvalue weighted by molar-refractivity contribution is 0.250. The van der Waals surface area contributed by atoms with Gasteiger partial charge in [0.25, 0.3) is 0 Å². The van der Waals surface area contributed by atoms with Crippen molar-refractivity contribution >= 4 is 21.7 Å². The number of nitrogens with one attached hydrogen (secondary N) is 2. The van der Waals surface area contributed by atoms with Crippen LogP contribution in [0.5, 0.6) is 0 Å². The van der Waals surface area contributed by atoms with Gasteiger partial charge < -0.3 is 5.32 Å². The van der Waals surface area contributed by atoms with E-state index in [1.807, 2.05) is 0 Å². The molecule has 0 aliphatic carbocycles. The highest BCUT2D eigenvalue weighted by atomic mass is 32.2. The molecular formula is C12H18N4O3S. The van der Waals surface area contributed by atoms with Crippen LogP contribution < -0.4 is 10.6 Å². The van der Waals surface area contributed by atoms with Gasteiger partial charge in [-0.1, -0.05) is 0 Å². The Hall–Kier alpha value is -1.70. The molecule has 1 atom stereocenters. The zero-order valence-corrected chi connectivity index (χ0v) is 12.1. The molecule has 1 unspecified atom stereocenters. The highest BCUT2D eigenvalue weighted by Gasteiger charge is 2.24. The summed E-state index contributed by atoms with van der Waals surface area (Å²) in [7, 11) is -2.94. The van der Waals surface area contributed by atoms with Gasteiger partial charge in [0, 0.05) is 12.7 Å². The molecule has 110 valence electrons. The summed E-state index contributed by atoms with van der Waals surface area (Å²) in [5.74, 6) is 1.40. The number of aryl methyl sites for hydroxylation is 1. The minimum atomic E-state index is -2.94. The average Bonchev–Trinajstić information content (AvgIpc) is 2.35. The molecule has 1 saturated heterocycles. The van der Waals surface area contributed by atoms with E-state index < -0.39 is 9.84 Å². The van der Waals surface area contributed by atoms with Gasteiger partial charge >= 0.3 is 6.03 Å². The number of aromatic nitrogens is 2. The maximum Gasteiger partial charge on any atom is 0.320 e. The van der Waals surface area contributed by atoms with Crippen LogP contribution in [0.1, 0.15) is 18.7 Å². The predicted molar refractivity (Wildman–Crippen MR) is 75.2 cm³/mol. The van der Waals surface area contributed by atoms with Crippen LogP contribution in [0.3, 0.4) is 0 Å². The molecule has 1 fully saturated rings. The summed E-state index contributed by atoms with van der Waals surface area (Å²) in [6.45, 7) is 2.09. The minimum absolute atomic E-state index is 0.00775. The van der Waals surface area contributed by atoms with Crippen LogP contribution in [-0.4, -0.2) is 42.5 Å². The van der Waals surface area contributed by atoms with E-state index in [-0.39, 0.29) is 23.5 Å². The standard InChI is InChI=1S/C12H18N4O3S/c1-9-13-5-4-11(15-9)16-12(17)14-7-10-3-2-6-20(18,19)8-10/h4-5,10H,2-3,6-8H2,1H3,(H2,13,14,15,16,17). The number of amides is 2. The zero-order valence-electron chi connectivity index (χ0n) is 11.3. The van der Waals surface area contributed by atoms with Crippen molar-refractivity contribution in [3.63, 3.8) is 0 Å². The fourth-order valence-corrected chi connectivity index (χ4v) is 3.98. The fraction of sp³-hybridized carbons (Fsp3) is 0.583. The predicted octanol–water partition coefficient (Wildman–Crippen LogP) is 0.731. The molecule has 0 bridgehead atoms. The number of anilines is 1. The van der Waals surface area contributed by atoms with E-state index in [2.05, 4.69) is 20.6 Å². The van der Waals surface area contributed by atoms with Gasteiger partial charge in [0.2, 0.25) is 0 Å². The Morgan fingerprint density at radius 2 is 2.30 bits per heavy atom. The number of sulfone groups is 1. The third kappa shape index (κ3) is 4.44. The molecular weight excluding hydrogens is 280 g/mol. The number of carbonyl (C=O) groups excluding carboxylic acids is 1. The second-order valence-corrected chi connectivity index (χ2v) is 7.18. The van der Waals surface area contributed by atoms with Gasteiger partial charge in [-0.15, -0.1) is 0 Å². The number of hydrogen-bond donors (Lipinski definition) is 2. The van der Waals surface area contributed by atoms with Crippen molar-refractivity contribution in [2.24, 2.45) is 5.92 Å². The van der Waals surface area contributed by atoms with Crippen molar-refractivity contribution in [3.8, 4) is 0 Å². The summed E-state index contributed by atoms with van der Waals surface area (Å²) in [6, 6.07) is 1.21. The SMILES string of the molecule is Cc1nccc(NC(=O)NCC2CCCS(=O)(=O)C2)n1. The normalized spacial score (nSPS) is 21.1. The summed E-state index contributed by atoms with van der Waals surface area (Å²) >= 11 is 0. The maximum absolute atomic E-state index is 11.7. The van der Waals surface area contributed by atoms with Crippen molar-refractivity contribution in [2.75, 3.05) is 23.4 Å². The van der Waals surface area contributed by atoms with E-state index in [1.54, 1.807) is 19.2 Å². The van der Waals surface area contributed by atoms with E-state index in [0.717, 1.165) is 6.42 Å². The molecule has 1 aliphatic heterocycles. The first kappa shape index (κ1) is 14.7. The van der Waals surface area contributed by atoms with Crippen LogP contribution in [0.4, 0.5) is 10.6 Å². The summed E-state index contributed by atoms with van der Waals surface area (Å²) in [4.78, 5) is 19.7. The second-order valence-electron chi connectivity index (χ2n) is 4.95. The molecule has 2 rings (SSSR count). The topological polar surface area (TPSA) is 101 Å². The molecule has 1 aromatic rings. The van der Waals surface area contributed by atoms with Crippen LogP contribution >= 0.6 is 0 Å². The monoisotopic (exact) mass is 298 g/mol. The number of hydrogen-bond acceptors (Lipinski definition) is 5. The summed E-state index contributed by atoms with van der Waals surface area (Å²) in [6.07, 6.45) is 3.05. The third-order valence-electron chi connectivity index (χ3n) is 3.13. The molecule has 2 N–H and O–H groups in total. The maximum atomic E-state index is 11.7. The summed E-state index contributed by atoms with van der Waals surface area (Å²) < 4.78 is 23.0. The number of rotatable bonds is 3. The zero-order chi connectivity index (χ0) is 14.6. The Kier molecular flexibility index (Phi) is 4.53. The molecule has 1 aromatic heterocycles. The van der Waals surface area contributed by atoms with Crippen molar-refractivity contribution in [2.45, 2.75) is 19.8 Å². The lowest BCUT2D eigenvalue weighted by Crippen LogP contribution is -2.37. The average molecular weight is 298 g/mol. The quantitative estimate of drug-likeness (QED) is 0.856. The van der Waals surface area contributed by atoms with Crippen molar-refractivity contribution in [1.29, 1.82) is 0 Å². The molecule has 8 heteroatoms. The smallest absolute Gasteiger partial charge is 0.320 e. The highest BCUT2D eigenvalue weighted by molar-refractivity contribution is 7.91. The Balaban J connectivity index is 1.80. The van der Waals surface area contributed by atoms with Gasteiger partial charge in [-0.25, -0.2) is 23.2 Å². The van der Waals surface area contributed by atoms with Gasteiger partial charge in [0.15, 0.2) is 9.84 Å². The van der Waals surface area contributed by atoms with Crippen LogP contribution in [0.25, 0.3) is 0 Å². The van der Waals surface area contributed by atoms with Crippen molar-refractivity contribution < 1.29 is 13.2 Å². The molecule has 0 spiro atoms. The molecule has 0 saturated carbocycles. The largest absolute Gasteiger partial charge is 0.338 e. The Morgan fingerprint density at radius 3 is 3.00 bits per heavy atom. The molecule has 0 aromatic carbocycles.